The van der Waals surface area contributed by atoms with Gasteiger partial charge in [-0.3, -0.25) is 0 Å². The minimum atomic E-state index is 0.551. The van der Waals surface area contributed by atoms with E-state index in [1.54, 1.807) is 0 Å². The van der Waals surface area contributed by atoms with Crippen LogP contribution in [0.15, 0.2) is 54.6 Å². The van der Waals surface area contributed by atoms with Gasteiger partial charge in [0.05, 0.1) is 0 Å². The first-order chi connectivity index (χ1) is 8.93. The van der Waals surface area contributed by atoms with Gasteiger partial charge in [0.15, 0.2) is 0 Å². The van der Waals surface area contributed by atoms with Crippen molar-refractivity contribution in [3.05, 3.63) is 65.7 Å². The predicted octanol–water partition coefficient (Wildman–Crippen LogP) is 2.99. The lowest BCUT2D eigenvalue weighted by molar-refractivity contribution is 0.556. The van der Waals surface area contributed by atoms with Crippen LogP contribution in [0.2, 0.25) is 0 Å². The summed E-state index contributed by atoms with van der Waals surface area (Å²) in [5.74, 6) is 0.551. The summed E-state index contributed by atoms with van der Waals surface area (Å²) >= 11 is 0. The number of para-hydroxylation sites is 1. The second kappa shape index (κ2) is 5.23. The van der Waals surface area contributed by atoms with Crippen LogP contribution in [0.25, 0.3) is 0 Å². The summed E-state index contributed by atoms with van der Waals surface area (Å²) in [6.07, 6.45) is 0. The molecule has 0 saturated heterocycles. The molecule has 0 aromatic heterocycles. The van der Waals surface area contributed by atoms with Gasteiger partial charge >= 0.3 is 0 Å². The Bertz CT molecular complexity index is 508. The van der Waals surface area contributed by atoms with Crippen molar-refractivity contribution in [1.29, 1.82) is 0 Å². The molecule has 1 atom stereocenters. The topological polar surface area (TPSA) is 24.1 Å². The van der Waals surface area contributed by atoms with Gasteiger partial charge in [-0.1, -0.05) is 42.5 Å². The molecule has 2 nitrogen and oxygen atoms in total. The number of anilines is 1. The Morgan fingerprint density at radius 1 is 1.00 bits per heavy atom. The van der Waals surface area contributed by atoms with Gasteiger partial charge in [0.1, 0.15) is 0 Å². The van der Waals surface area contributed by atoms with Crippen LogP contribution in [0.4, 0.5) is 5.69 Å². The third-order valence-electron chi connectivity index (χ3n) is 3.53. The summed E-state index contributed by atoms with van der Waals surface area (Å²) in [5, 5.41) is 7.00. The molecule has 92 valence electrons. The van der Waals surface area contributed by atoms with Crippen molar-refractivity contribution in [2.45, 2.75) is 12.5 Å². The van der Waals surface area contributed by atoms with Crippen LogP contribution in [-0.4, -0.2) is 13.1 Å². The molecule has 1 heterocycles. The first kappa shape index (κ1) is 11.3. The van der Waals surface area contributed by atoms with Gasteiger partial charge in [0, 0.05) is 31.2 Å². The van der Waals surface area contributed by atoms with Gasteiger partial charge in [-0.2, -0.15) is 0 Å². The summed E-state index contributed by atoms with van der Waals surface area (Å²) in [6.45, 7) is 3.03. The summed E-state index contributed by atoms with van der Waals surface area (Å²) in [6, 6.07) is 19.1. The molecule has 0 spiro atoms. The highest BCUT2D eigenvalue weighted by atomic mass is 14.9. The molecule has 1 aliphatic heterocycles. The second-order valence-electron chi connectivity index (χ2n) is 4.77. The lowest BCUT2D eigenvalue weighted by atomic mass is 9.91. The van der Waals surface area contributed by atoms with Crippen LogP contribution in [0.3, 0.4) is 0 Å². The number of hydrogen-bond donors (Lipinski definition) is 2. The number of hydrogen-bond acceptors (Lipinski definition) is 2. The van der Waals surface area contributed by atoms with Crippen LogP contribution in [0, 0.1) is 0 Å². The van der Waals surface area contributed by atoms with Gasteiger partial charge in [-0.25, -0.2) is 0 Å². The minimum Gasteiger partial charge on any atom is -0.384 e. The molecule has 0 radical (unpaired) electrons. The van der Waals surface area contributed by atoms with Crippen LogP contribution in [0.5, 0.6) is 0 Å². The molecule has 0 aliphatic carbocycles. The lowest BCUT2D eigenvalue weighted by Gasteiger charge is -2.26. The van der Waals surface area contributed by atoms with Crippen molar-refractivity contribution in [1.82, 2.24) is 5.32 Å². The maximum Gasteiger partial charge on any atom is 0.0340 e. The van der Waals surface area contributed by atoms with Crippen molar-refractivity contribution in [3.8, 4) is 0 Å². The van der Waals surface area contributed by atoms with E-state index >= 15 is 0 Å². The van der Waals surface area contributed by atoms with E-state index < -0.39 is 0 Å². The van der Waals surface area contributed by atoms with E-state index in [4.69, 9.17) is 0 Å². The molecular formula is C16H18N2. The predicted molar refractivity (Wildman–Crippen MR) is 75.8 cm³/mol. The molecule has 18 heavy (non-hydrogen) atoms. The van der Waals surface area contributed by atoms with Crippen molar-refractivity contribution in [2.24, 2.45) is 0 Å². The molecule has 0 bridgehead atoms. The second-order valence-corrected chi connectivity index (χ2v) is 4.77. The van der Waals surface area contributed by atoms with Crippen molar-refractivity contribution in [2.75, 3.05) is 18.4 Å². The third-order valence-corrected chi connectivity index (χ3v) is 3.53. The Morgan fingerprint density at radius 2 is 1.78 bits per heavy atom. The molecule has 0 saturated carbocycles. The Kier molecular flexibility index (Phi) is 3.29. The zero-order valence-corrected chi connectivity index (χ0v) is 10.4. The van der Waals surface area contributed by atoms with E-state index in [1.165, 1.54) is 16.8 Å². The van der Waals surface area contributed by atoms with Crippen molar-refractivity contribution >= 4 is 5.69 Å². The molecule has 3 rings (SSSR count). The summed E-state index contributed by atoms with van der Waals surface area (Å²) in [7, 11) is 0. The van der Waals surface area contributed by atoms with Gasteiger partial charge < -0.3 is 10.6 Å². The van der Waals surface area contributed by atoms with Gasteiger partial charge in [0.25, 0.3) is 0 Å². The van der Waals surface area contributed by atoms with E-state index in [0.29, 0.717) is 5.92 Å². The Labute approximate surface area is 108 Å². The summed E-state index contributed by atoms with van der Waals surface area (Å²) < 4.78 is 0. The normalized spacial score (nSPS) is 18.1. The van der Waals surface area contributed by atoms with Crippen molar-refractivity contribution in [3.63, 3.8) is 0 Å². The fraction of sp³-hybridized carbons (Fsp3) is 0.250. The van der Waals surface area contributed by atoms with Crippen LogP contribution >= 0.6 is 0 Å². The van der Waals surface area contributed by atoms with E-state index in [-0.39, 0.29) is 0 Å². The van der Waals surface area contributed by atoms with Gasteiger partial charge in [-0.05, 0) is 23.3 Å². The number of benzene rings is 2. The summed E-state index contributed by atoms with van der Waals surface area (Å²) in [4.78, 5) is 0. The monoisotopic (exact) mass is 238 g/mol. The highest BCUT2D eigenvalue weighted by Crippen LogP contribution is 2.24. The average Bonchev–Trinajstić information content (AvgIpc) is 2.46. The highest BCUT2D eigenvalue weighted by molar-refractivity contribution is 5.43. The number of fused-ring (bicyclic) bond motifs is 1. The average molecular weight is 238 g/mol. The van der Waals surface area contributed by atoms with Crippen LogP contribution < -0.4 is 10.6 Å². The van der Waals surface area contributed by atoms with E-state index in [0.717, 1.165) is 19.6 Å². The fourth-order valence-corrected chi connectivity index (χ4v) is 2.56. The SMILES string of the molecule is c1ccc(NCC2CNCc3ccccc32)cc1. The molecule has 1 unspecified atom stereocenters. The van der Waals surface area contributed by atoms with Crippen molar-refractivity contribution < 1.29 is 0 Å². The molecular weight excluding hydrogens is 220 g/mol. The van der Waals surface area contributed by atoms with E-state index in [9.17, 15) is 0 Å². The van der Waals surface area contributed by atoms with Gasteiger partial charge in [0.2, 0.25) is 0 Å². The summed E-state index contributed by atoms with van der Waals surface area (Å²) in [5.41, 5.74) is 4.11. The lowest BCUT2D eigenvalue weighted by Crippen LogP contribution is -2.31. The van der Waals surface area contributed by atoms with Crippen LogP contribution in [0.1, 0.15) is 17.0 Å². The quantitative estimate of drug-likeness (QED) is 0.859. The maximum absolute atomic E-state index is 3.52. The molecule has 2 N–H and O–H groups in total. The molecule has 2 aromatic rings. The Balaban J connectivity index is 1.71. The minimum absolute atomic E-state index is 0.551. The Morgan fingerprint density at radius 3 is 2.67 bits per heavy atom. The first-order valence-electron chi connectivity index (χ1n) is 6.51. The number of nitrogens with one attached hydrogen (secondary N) is 2. The molecule has 2 heteroatoms. The first-order valence-corrected chi connectivity index (χ1v) is 6.51. The standard InChI is InChI=1S/C16H18N2/c1-2-7-15(8-3-1)18-12-14-11-17-10-13-6-4-5-9-16(13)14/h1-9,14,17-18H,10-12H2. The largest absolute Gasteiger partial charge is 0.384 e. The van der Waals surface area contributed by atoms with E-state index in [2.05, 4.69) is 59.2 Å². The molecule has 2 aromatic carbocycles. The van der Waals surface area contributed by atoms with Crippen LogP contribution in [-0.2, 0) is 6.54 Å². The fourth-order valence-electron chi connectivity index (χ4n) is 2.56. The number of rotatable bonds is 3. The molecule has 0 amide bonds. The van der Waals surface area contributed by atoms with Gasteiger partial charge in [-0.15, -0.1) is 0 Å². The smallest absolute Gasteiger partial charge is 0.0340 e. The van der Waals surface area contributed by atoms with E-state index in [1.807, 2.05) is 6.07 Å². The molecule has 1 aliphatic rings. The third kappa shape index (κ3) is 2.39. The maximum atomic E-state index is 3.52. The Hall–Kier alpha value is -1.80. The zero-order chi connectivity index (χ0) is 12.2. The zero-order valence-electron chi connectivity index (χ0n) is 10.4. The molecule has 0 fully saturated rings. The highest BCUT2D eigenvalue weighted by Gasteiger charge is 2.18.